The highest BCUT2D eigenvalue weighted by atomic mass is 16.5. The van der Waals surface area contributed by atoms with Crippen LogP contribution in [0.25, 0.3) is 32.8 Å². The fourth-order valence-electron chi connectivity index (χ4n) is 3.62. The molecular weight excluding hydrogens is 282 g/mol. The first-order valence-electron chi connectivity index (χ1n) is 7.82. The molecular formula is C21H15NO. The van der Waals surface area contributed by atoms with Crippen LogP contribution < -0.4 is 4.74 Å². The number of aromatic nitrogens is 1. The number of nitrogens with zero attached hydrogens (tertiary/aromatic N) is 1. The van der Waals surface area contributed by atoms with Crippen LogP contribution in [0.5, 0.6) is 11.5 Å². The van der Waals surface area contributed by atoms with E-state index in [0.29, 0.717) is 0 Å². The largest absolute Gasteiger partial charge is 0.456 e. The minimum Gasteiger partial charge on any atom is -0.456 e. The molecule has 0 unspecified atom stereocenters. The number of ether oxygens (including phenoxy) is 1. The molecule has 110 valence electrons. The number of fused-ring (bicyclic) bond motifs is 3. The third-order valence-electron chi connectivity index (χ3n) is 4.72. The number of aryl methyl sites for hydroxylation is 2. The average molecular weight is 297 g/mol. The van der Waals surface area contributed by atoms with Crippen LogP contribution in [0.1, 0.15) is 11.1 Å². The van der Waals surface area contributed by atoms with Crippen molar-refractivity contribution in [3.63, 3.8) is 0 Å². The van der Waals surface area contributed by atoms with Crippen LogP contribution in [0.15, 0.2) is 54.7 Å². The topological polar surface area (TPSA) is 22.1 Å². The molecule has 2 nitrogen and oxygen atoms in total. The van der Waals surface area contributed by atoms with E-state index in [1.165, 1.54) is 27.3 Å². The van der Waals surface area contributed by atoms with Crippen molar-refractivity contribution in [1.82, 2.24) is 4.98 Å². The summed E-state index contributed by atoms with van der Waals surface area (Å²) in [5.41, 5.74) is 4.55. The second-order valence-electron chi connectivity index (χ2n) is 6.22. The Morgan fingerprint density at radius 1 is 0.783 bits per heavy atom. The SMILES string of the molecule is Cc1ccc2c3c(ncc(C)c13)-c1cc3ccccc3cc1O2. The predicted octanol–water partition coefficient (Wildman–Crippen LogP) is 5.78. The summed E-state index contributed by atoms with van der Waals surface area (Å²) in [6, 6.07) is 16.8. The van der Waals surface area contributed by atoms with E-state index in [1.54, 1.807) is 0 Å². The molecule has 0 saturated carbocycles. The van der Waals surface area contributed by atoms with E-state index in [9.17, 15) is 0 Å². The first kappa shape index (κ1) is 12.7. The van der Waals surface area contributed by atoms with E-state index >= 15 is 0 Å². The first-order valence-corrected chi connectivity index (χ1v) is 7.82. The Kier molecular flexibility index (Phi) is 2.38. The van der Waals surface area contributed by atoms with Crippen LogP contribution in [-0.4, -0.2) is 4.98 Å². The number of hydrogen-bond donors (Lipinski definition) is 0. The molecule has 1 aliphatic heterocycles. The minimum absolute atomic E-state index is 0.887. The van der Waals surface area contributed by atoms with Gasteiger partial charge in [-0.05, 0) is 59.3 Å². The van der Waals surface area contributed by atoms with Gasteiger partial charge >= 0.3 is 0 Å². The van der Waals surface area contributed by atoms with E-state index in [1.807, 2.05) is 6.20 Å². The highest BCUT2D eigenvalue weighted by Crippen LogP contribution is 2.47. The molecule has 23 heavy (non-hydrogen) atoms. The van der Waals surface area contributed by atoms with Crippen LogP contribution in [0, 0.1) is 13.8 Å². The van der Waals surface area contributed by atoms with Crippen molar-refractivity contribution in [2.24, 2.45) is 0 Å². The standard InChI is InChI=1S/C21H15NO/c1-12-7-8-17-20-19(12)13(2)11-22-21(20)16-9-14-5-3-4-6-15(14)10-18(16)23-17/h3-11H,1-2H3. The monoisotopic (exact) mass is 297 g/mol. The zero-order valence-corrected chi connectivity index (χ0v) is 13.1. The lowest BCUT2D eigenvalue weighted by atomic mass is 9.93. The smallest absolute Gasteiger partial charge is 0.137 e. The van der Waals surface area contributed by atoms with Crippen LogP contribution in [0.4, 0.5) is 0 Å². The fourth-order valence-corrected chi connectivity index (χ4v) is 3.62. The van der Waals surface area contributed by atoms with Crippen molar-refractivity contribution < 1.29 is 4.74 Å². The fraction of sp³-hybridized carbons (Fsp3) is 0.0952. The Balaban J connectivity index is 1.95. The molecule has 0 saturated heterocycles. The molecule has 0 amide bonds. The van der Waals surface area contributed by atoms with Crippen molar-refractivity contribution in [3.8, 4) is 22.8 Å². The molecule has 5 rings (SSSR count). The van der Waals surface area contributed by atoms with Gasteiger partial charge in [-0.1, -0.05) is 30.3 Å². The summed E-state index contributed by atoms with van der Waals surface area (Å²) >= 11 is 0. The van der Waals surface area contributed by atoms with E-state index in [4.69, 9.17) is 9.72 Å². The first-order chi connectivity index (χ1) is 11.2. The maximum absolute atomic E-state index is 6.23. The van der Waals surface area contributed by atoms with Gasteiger partial charge in [0.1, 0.15) is 11.5 Å². The number of pyridine rings is 1. The van der Waals surface area contributed by atoms with Gasteiger partial charge < -0.3 is 4.74 Å². The summed E-state index contributed by atoms with van der Waals surface area (Å²) in [4.78, 5) is 4.75. The van der Waals surface area contributed by atoms with E-state index in [2.05, 4.69) is 62.4 Å². The van der Waals surface area contributed by atoms with Gasteiger partial charge in [-0.2, -0.15) is 0 Å². The molecule has 1 aliphatic rings. The normalized spacial score (nSPS) is 12.3. The molecule has 0 aliphatic carbocycles. The Hall–Kier alpha value is -2.87. The zero-order valence-electron chi connectivity index (χ0n) is 13.1. The van der Waals surface area contributed by atoms with Crippen molar-refractivity contribution in [3.05, 3.63) is 65.9 Å². The number of hydrogen-bond acceptors (Lipinski definition) is 2. The lowest BCUT2D eigenvalue weighted by Crippen LogP contribution is -2.01. The molecule has 0 N–H and O–H groups in total. The van der Waals surface area contributed by atoms with Gasteiger partial charge in [0, 0.05) is 11.8 Å². The molecule has 0 spiro atoms. The second-order valence-corrected chi connectivity index (χ2v) is 6.22. The molecule has 1 aromatic heterocycles. The Labute approximate surface area is 134 Å². The van der Waals surface area contributed by atoms with Crippen molar-refractivity contribution in [2.75, 3.05) is 0 Å². The minimum atomic E-state index is 0.887. The lowest BCUT2D eigenvalue weighted by Gasteiger charge is -2.22. The third kappa shape index (κ3) is 1.66. The third-order valence-corrected chi connectivity index (χ3v) is 4.72. The Morgan fingerprint density at radius 2 is 1.57 bits per heavy atom. The second kappa shape index (κ2) is 4.32. The van der Waals surface area contributed by atoms with Crippen LogP contribution in [0.3, 0.4) is 0 Å². The van der Waals surface area contributed by atoms with E-state index in [0.717, 1.165) is 28.1 Å². The number of benzene rings is 3. The summed E-state index contributed by atoms with van der Waals surface area (Å²) in [6.45, 7) is 4.25. The van der Waals surface area contributed by atoms with Gasteiger partial charge in [0.25, 0.3) is 0 Å². The van der Waals surface area contributed by atoms with Crippen molar-refractivity contribution >= 4 is 21.5 Å². The van der Waals surface area contributed by atoms with E-state index < -0.39 is 0 Å². The molecule has 0 radical (unpaired) electrons. The summed E-state index contributed by atoms with van der Waals surface area (Å²) in [7, 11) is 0. The van der Waals surface area contributed by atoms with Crippen molar-refractivity contribution in [2.45, 2.75) is 13.8 Å². The zero-order chi connectivity index (χ0) is 15.6. The van der Waals surface area contributed by atoms with Gasteiger partial charge in [-0.3, -0.25) is 4.98 Å². The van der Waals surface area contributed by atoms with Crippen LogP contribution in [-0.2, 0) is 0 Å². The highest BCUT2D eigenvalue weighted by Gasteiger charge is 2.23. The maximum atomic E-state index is 6.23. The predicted molar refractivity (Wildman–Crippen MR) is 94.2 cm³/mol. The molecule has 3 aromatic carbocycles. The van der Waals surface area contributed by atoms with Gasteiger partial charge in [0.2, 0.25) is 0 Å². The van der Waals surface area contributed by atoms with Crippen LogP contribution >= 0.6 is 0 Å². The average Bonchev–Trinajstić information content (AvgIpc) is 2.57. The maximum Gasteiger partial charge on any atom is 0.137 e. The lowest BCUT2D eigenvalue weighted by molar-refractivity contribution is 0.487. The van der Waals surface area contributed by atoms with Crippen LogP contribution in [0.2, 0.25) is 0 Å². The molecule has 0 fully saturated rings. The molecule has 2 heterocycles. The van der Waals surface area contributed by atoms with Crippen molar-refractivity contribution in [1.29, 1.82) is 0 Å². The van der Waals surface area contributed by atoms with Gasteiger partial charge in [0.05, 0.1) is 11.1 Å². The molecule has 0 atom stereocenters. The highest BCUT2D eigenvalue weighted by molar-refractivity contribution is 6.06. The molecule has 0 bridgehead atoms. The summed E-state index contributed by atoms with van der Waals surface area (Å²) < 4.78 is 6.23. The summed E-state index contributed by atoms with van der Waals surface area (Å²) in [6.07, 6.45) is 1.97. The van der Waals surface area contributed by atoms with E-state index in [-0.39, 0.29) is 0 Å². The Bertz CT molecular complexity index is 1100. The Morgan fingerprint density at radius 3 is 2.39 bits per heavy atom. The quantitative estimate of drug-likeness (QED) is 0.361. The summed E-state index contributed by atoms with van der Waals surface area (Å²) in [5.74, 6) is 1.79. The van der Waals surface area contributed by atoms with Gasteiger partial charge in [0.15, 0.2) is 0 Å². The number of rotatable bonds is 0. The molecule has 2 heteroatoms. The van der Waals surface area contributed by atoms with Gasteiger partial charge in [-0.25, -0.2) is 0 Å². The summed E-state index contributed by atoms with van der Waals surface area (Å²) in [5, 5.41) is 4.78. The van der Waals surface area contributed by atoms with Gasteiger partial charge in [-0.15, -0.1) is 0 Å². The molecule has 4 aromatic rings.